The van der Waals surface area contributed by atoms with Crippen molar-refractivity contribution in [3.05, 3.63) is 45.4 Å². The molecule has 0 aliphatic rings. The van der Waals surface area contributed by atoms with E-state index in [0.29, 0.717) is 12.1 Å². The second kappa shape index (κ2) is 5.39. The first-order valence-corrected chi connectivity index (χ1v) is 5.26. The van der Waals surface area contributed by atoms with Gasteiger partial charge in [-0.2, -0.15) is 0 Å². The fourth-order valence-electron chi connectivity index (χ4n) is 1.34. The molecule has 1 aromatic rings. The van der Waals surface area contributed by atoms with Crippen LogP contribution in [-0.2, 0) is 0 Å². The van der Waals surface area contributed by atoms with Gasteiger partial charge in [0.15, 0.2) is 0 Å². The largest absolute Gasteiger partial charge is 0.259 e. The van der Waals surface area contributed by atoms with Crippen molar-refractivity contribution >= 4 is 6.08 Å². The third kappa shape index (κ3) is 3.81. The lowest BCUT2D eigenvalue weighted by atomic mass is 10.1. The minimum Gasteiger partial charge on any atom is -0.259 e. The molecule has 0 fully saturated rings. The summed E-state index contributed by atoms with van der Waals surface area (Å²) in [6.07, 6.45) is 3.71. The number of aryl methyl sites for hydroxylation is 1. The van der Waals surface area contributed by atoms with Gasteiger partial charge in [0, 0.05) is 18.7 Å². The highest BCUT2D eigenvalue weighted by Crippen LogP contribution is 2.14. The third-order valence-electron chi connectivity index (χ3n) is 2.10. The van der Waals surface area contributed by atoms with E-state index in [1.807, 2.05) is 26.8 Å². The number of nitrogens with zero attached hydrogens (tertiary/aromatic N) is 2. The van der Waals surface area contributed by atoms with E-state index in [2.05, 4.69) is 4.98 Å². The summed E-state index contributed by atoms with van der Waals surface area (Å²) in [7, 11) is 0. The van der Waals surface area contributed by atoms with Gasteiger partial charge in [0.05, 0.1) is 10.6 Å². The predicted molar refractivity (Wildman–Crippen MR) is 63.4 cm³/mol. The van der Waals surface area contributed by atoms with E-state index < -0.39 is 0 Å². The highest BCUT2D eigenvalue weighted by atomic mass is 16.6. The van der Waals surface area contributed by atoms with Gasteiger partial charge >= 0.3 is 0 Å². The Labute approximate surface area is 95.2 Å². The van der Waals surface area contributed by atoms with Gasteiger partial charge in [-0.05, 0) is 24.5 Å². The molecule has 0 spiro atoms. The van der Waals surface area contributed by atoms with Crippen LogP contribution in [0.25, 0.3) is 6.08 Å². The molecule has 4 nitrogen and oxygen atoms in total. The van der Waals surface area contributed by atoms with Gasteiger partial charge in [0.25, 0.3) is 0 Å². The van der Waals surface area contributed by atoms with E-state index in [-0.39, 0.29) is 16.5 Å². The molecule has 16 heavy (non-hydrogen) atoms. The summed E-state index contributed by atoms with van der Waals surface area (Å²) in [6, 6.07) is 3.69. The number of allylic oxidation sites excluding steroid dienone is 1. The van der Waals surface area contributed by atoms with Gasteiger partial charge in [-0.1, -0.05) is 19.9 Å². The number of hydrogen-bond donors (Lipinski definition) is 0. The van der Waals surface area contributed by atoms with E-state index in [9.17, 15) is 10.1 Å². The average Bonchev–Trinajstić information content (AvgIpc) is 2.19. The molecule has 1 heterocycles. The van der Waals surface area contributed by atoms with Crippen LogP contribution in [0.2, 0.25) is 0 Å². The molecule has 0 bridgehead atoms. The zero-order chi connectivity index (χ0) is 12.1. The number of hydrogen-bond acceptors (Lipinski definition) is 3. The highest BCUT2D eigenvalue weighted by Gasteiger charge is 2.13. The van der Waals surface area contributed by atoms with Gasteiger partial charge in [0.1, 0.15) is 0 Å². The minimum absolute atomic E-state index is 0.214. The Morgan fingerprint density at radius 2 is 2.25 bits per heavy atom. The Balaban J connectivity index is 2.93. The summed E-state index contributed by atoms with van der Waals surface area (Å²) in [6.45, 7) is 5.85. The van der Waals surface area contributed by atoms with Gasteiger partial charge in [-0.3, -0.25) is 15.1 Å². The van der Waals surface area contributed by atoms with E-state index in [4.69, 9.17) is 0 Å². The molecule has 0 aliphatic heterocycles. The second-order valence-corrected chi connectivity index (χ2v) is 4.25. The Bertz CT molecular complexity index is 394. The summed E-state index contributed by atoms with van der Waals surface area (Å²) in [5, 5.41) is 10.8. The average molecular weight is 220 g/mol. The first-order chi connectivity index (χ1) is 7.49. The highest BCUT2D eigenvalue weighted by molar-refractivity contribution is 5.46. The molecule has 4 heteroatoms. The standard InChI is InChI=1S/C12H16N2O2/c1-9(2)6-12(14(15)16)7-11-5-4-10(3)8-13-11/h4-5,7-9H,6H2,1-3H3/b12-7-. The van der Waals surface area contributed by atoms with Crippen molar-refractivity contribution in [3.63, 3.8) is 0 Å². The van der Waals surface area contributed by atoms with E-state index >= 15 is 0 Å². The van der Waals surface area contributed by atoms with Crippen LogP contribution in [0.15, 0.2) is 24.0 Å². The summed E-state index contributed by atoms with van der Waals surface area (Å²) in [4.78, 5) is 14.6. The molecular formula is C12H16N2O2. The molecule has 0 saturated heterocycles. The van der Waals surface area contributed by atoms with Crippen molar-refractivity contribution in [2.45, 2.75) is 27.2 Å². The van der Waals surface area contributed by atoms with Crippen molar-refractivity contribution in [2.75, 3.05) is 0 Å². The number of aromatic nitrogens is 1. The number of pyridine rings is 1. The van der Waals surface area contributed by atoms with Crippen LogP contribution in [-0.4, -0.2) is 9.91 Å². The molecule has 0 radical (unpaired) electrons. The van der Waals surface area contributed by atoms with Crippen molar-refractivity contribution in [2.24, 2.45) is 5.92 Å². The Morgan fingerprint density at radius 1 is 1.56 bits per heavy atom. The molecule has 0 saturated carbocycles. The molecule has 0 amide bonds. The molecule has 1 aromatic heterocycles. The fraction of sp³-hybridized carbons (Fsp3) is 0.417. The summed E-state index contributed by atoms with van der Waals surface area (Å²) >= 11 is 0. The maximum atomic E-state index is 10.8. The molecule has 0 aromatic carbocycles. The summed E-state index contributed by atoms with van der Waals surface area (Å²) in [5.74, 6) is 0.266. The van der Waals surface area contributed by atoms with Crippen LogP contribution in [0.5, 0.6) is 0 Å². The van der Waals surface area contributed by atoms with Crippen LogP contribution in [0, 0.1) is 23.0 Å². The molecule has 0 N–H and O–H groups in total. The lowest BCUT2D eigenvalue weighted by Gasteiger charge is -2.02. The van der Waals surface area contributed by atoms with Crippen LogP contribution >= 0.6 is 0 Å². The quantitative estimate of drug-likeness (QED) is 0.578. The zero-order valence-corrected chi connectivity index (χ0v) is 9.80. The van der Waals surface area contributed by atoms with Crippen LogP contribution in [0.3, 0.4) is 0 Å². The third-order valence-corrected chi connectivity index (χ3v) is 2.10. The van der Waals surface area contributed by atoms with Crippen molar-refractivity contribution in [1.29, 1.82) is 0 Å². The van der Waals surface area contributed by atoms with Gasteiger partial charge in [-0.15, -0.1) is 0 Å². The Kier molecular flexibility index (Phi) is 4.17. The zero-order valence-electron chi connectivity index (χ0n) is 9.80. The molecular weight excluding hydrogens is 204 g/mol. The second-order valence-electron chi connectivity index (χ2n) is 4.25. The molecule has 86 valence electrons. The van der Waals surface area contributed by atoms with Crippen molar-refractivity contribution in [3.8, 4) is 0 Å². The Hall–Kier alpha value is -1.71. The Morgan fingerprint density at radius 3 is 2.69 bits per heavy atom. The first-order valence-electron chi connectivity index (χ1n) is 5.26. The summed E-state index contributed by atoms with van der Waals surface area (Å²) < 4.78 is 0. The van der Waals surface area contributed by atoms with Crippen LogP contribution in [0.1, 0.15) is 31.5 Å². The van der Waals surface area contributed by atoms with Gasteiger partial charge in [-0.25, -0.2) is 0 Å². The van der Waals surface area contributed by atoms with Crippen LogP contribution in [0.4, 0.5) is 0 Å². The predicted octanol–water partition coefficient (Wildman–Crippen LogP) is 3.05. The molecule has 1 rings (SSSR count). The maximum absolute atomic E-state index is 10.8. The van der Waals surface area contributed by atoms with E-state index in [1.54, 1.807) is 18.3 Å². The van der Waals surface area contributed by atoms with Gasteiger partial charge < -0.3 is 0 Å². The van der Waals surface area contributed by atoms with Crippen molar-refractivity contribution < 1.29 is 4.92 Å². The molecule has 0 atom stereocenters. The normalized spacial score (nSPS) is 11.9. The minimum atomic E-state index is -0.332. The monoisotopic (exact) mass is 220 g/mol. The molecule has 0 aliphatic carbocycles. The lowest BCUT2D eigenvalue weighted by molar-refractivity contribution is -0.427. The number of rotatable bonds is 4. The molecule has 0 unspecified atom stereocenters. The van der Waals surface area contributed by atoms with E-state index in [1.165, 1.54) is 0 Å². The summed E-state index contributed by atoms with van der Waals surface area (Å²) in [5.41, 5.74) is 1.90. The van der Waals surface area contributed by atoms with Gasteiger partial charge in [0.2, 0.25) is 5.70 Å². The lowest BCUT2D eigenvalue weighted by Crippen LogP contribution is -2.02. The van der Waals surface area contributed by atoms with Crippen molar-refractivity contribution in [1.82, 2.24) is 4.98 Å². The smallest absolute Gasteiger partial charge is 0.248 e. The SMILES string of the molecule is Cc1ccc(/C=C(/CC(C)C)[N+](=O)[O-])nc1. The van der Waals surface area contributed by atoms with Crippen LogP contribution < -0.4 is 0 Å². The topological polar surface area (TPSA) is 56.0 Å². The van der Waals surface area contributed by atoms with E-state index in [0.717, 1.165) is 5.56 Å². The maximum Gasteiger partial charge on any atom is 0.248 e. The fourth-order valence-corrected chi connectivity index (χ4v) is 1.34. The number of nitro groups is 1. The first kappa shape index (κ1) is 12.4.